The van der Waals surface area contributed by atoms with Gasteiger partial charge in [0.15, 0.2) is 0 Å². The van der Waals surface area contributed by atoms with E-state index in [0.29, 0.717) is 17.5 Å². The van der Waals surface area contributed by atoms with Crippen molar-refractivity contribution in [1.29, 1.82) is 0 Å². The molecule has 0 saturated carbocycles. The minimum atomic E-state index is -1.08. The van der Waals surface area contributed by atoms with Gasteiger partial charge in [-0.15, -0.1) is 0 Å². The second-order valence-electron chi connectivity index (χ2n) is 5.95. The topological polar surface area (TPSA) is 66.4 Å². The predicted molar refractivity (Wildman–Crippen MR) is 88.8 cm³/mol. The van der Waals surface area contributed by atoms with E-state index in [4.69, 9.17) is 5.11 Å². The van der Waals surface area contributed by atoms with Crippen LogP contribution in [0, 0.1) is 17.6 Å². The SMILES string of the molecule is CC(Cc1cccc(F)c1)C(=O)NC(CC(=O)O)c1ccc(F)cc1. The van der Waals surface area contributed by atoms with Crippen molar-refractivity contribution >= 4 is 11.9 Å². The Bertz CT molecular complexity index is 747. The van der Waals surface area contributed by atoms with Crippen LogP contribution >= 0.6 is 0 Å². The van der Waals surface area contributed by atoms with Gasteiger partial charge in [0, 0.05) is 5.92 Å². The maximum Gasteiger partial charge on any atom is 0.305 e. The number of hydrogen-bond donors (Lipinski definition) is 2. The molecule has 2 atom stereocenters. The first-order valence-electron chi connectivity index (χ1n) is 7.87. The Kier molecular flexibility index (Phi) is 6.22. The van der Waals surface area contributed by atoms with Crippen molar-refractivity contribution in [3.63, 3.8) is 0 Å². The Morgan fingerprint density at radius 2 is 1.76 bits per heavy atom. The molecule has 132 valence electrons. The molecular weight excluding hydrogens is 328 g/mol. The fraction of sp³-hybridized carbons (Fsp3) is 0.263. The molecule has 25 heavy (non-hydrogen) atoms. The van der Waals surface area contributed by atoms with Gasteiger partial charge in [0.1, 0.15) is 11.6 Å². The van der Waals surface area contributed by atoms with Crippen LogP contribution < -0.4 is 5.32 Å². The number of nitrogens with one attached hydrogen (secondary N) is 1. The number of aliphatic carboxylic acids is 1. The molecular formula is C19H19F2NO3. The molecule has 2 N–H and O–H groups in total. The van der Waals surface area contributed by atoms with Gasteiger partial charge in [-0.25, -0.2) is 8.78 Å². The number of amides is 1. The highest BCUT2D eigenvalue weighted by atomic mass is 19.1. The largest absolute Gasteiger partial charge is 0.481 e. The molecule has 0 aliphatic heterocycles. The van der Waals surface area contributed by atoms with Gasteiger partial charge in [-0.2, -0.15) is 0 Å². The standard InChI is InChI=1S/C19H19F2NO3/c1-12(9-13-3-2-4-16(21)10-13)19(25)22-17(11-18(23)24)14-5-7-15(20)8-6-14/h2-8,10,12,17H,9,11H2,1H3,(H,22,25)(H,23,24). The fourth-order valence-electron chi connectivity index (χ4n) is 2.55. The second-order valence-corrected chi connectivity index (χ2v) is 5.95. The third-order valence-corrected chi connectivity index (χ3v) is 3.85. The van der Waals surface area contributed by atoms with Crippen molar-refractivity contribution in [3.8, 4) is 0 Å². The first-order valence-corrected chi connectivity index (χ1v) is 7.87. The second kappa shape index (κ2) is 8.37. The van der Waals surface area contributed by atoms with Gasteiger partial charge in [-0.3, -0.25) is 9.59 Å². The first kappa shape index (κ1) is 18.6. The Morgan fingerprint density at radius 1 is 1.08 bits per heavy atom. The van der Waals surface area contributed by atoms with E-state index in [1.807, 2.05) is 0 Å². The van der Waals surface area contributed by atoms with Crippen LogP contribution in [0.5, 0.6) is 0 Å². The molecule has 2 aromatic carbocycles. The van der Waals surface area contributed by atoms with Gasteiger partial charge < -0.3 is 10.4 Å². The lowest BCUT2D eigenvalue weighted by molar-refractivity contribution is -0.137. The first-order chi connectivity index (χ1) is 11.8. The Morgan fingerprint density at radius 3 is 2.36 bits per heavy atom. The highest BCUT2D eigenvalue weighted by molar-refractivity contribution is 5.80. The van der Waals surface area contributed by atoms with Crippen molar-refractivity contribution in [2.45, 2.75) is 25.8 Å². The summed E-state index contributed by atoms with van der Waals surface area (Å²) in [5.41, 5.74) is 1.19. The number of halogens is 2. The number of hydrogen-bond acceptors (Lipinski definition) is 2. The van der Waals surface area contributed by atoms with Crippen molar-refractivity contribution in [2.24, 2.45) is 5.92 Å². The van der Waals surface area contributed by atoms with Crippen LogP contribution in [-0.4, -0.2) is 17.0 Å². The number of carboxylic acid groups (broad SMARTS) is 1. The van der Waals surface area contributed by atoms with Crippen molar-refractivity contribution in [1.82, 2.24) is 5.32 Å². The van der Waals surface area contributed by atoms with Crippen LogP contribution in [0.2, 0.25) is 0 Å². The molecule has 2 aromatic rings. The van der Waals surface area contributed by atoms with Crippen LogP contribution in [0.15, 0.2) is 48.5 Å². The molecule has 6 heteroatoms. The number of carbonyl (C=O) groups is 2. The summed E-state index contributed by atoms with van der Waals surface area (Å²) < 4.78 is 26.3. The molecule has 2 rings (SSSR count). The van der Waals surface area contributed by atoms with Gasteiger partial charge >= 0.3 is 5.97 Å². The molecule has 0 fully saturated rings. The van der Waals surface area contributed by atoms with Gasteiger partial charge in [0.25, 0.3) is 0 Å². The normalized spacial score (nSPS) is 13.1. The molecule has 0 heterocycles. The maximum atomic E-state index is 13.2. The van der Waals surface area contributed by atoms with E-state index in [1.54, 1.807) is 19.1 Å². The van der Waals surface area contributed by atoms with E-state index in [9.17, 15) is 18.4 Å². The Hall–Kier alpha value is -2.76. The van der Waals surface area contributed by atoms with Crippen LogP contribution in [0.25, 0.3) is 0 Å². The Balaban J connectivity index is 2.07. The summed E-state index contributed by atoms with van der Waals surface area (Å²) in [6.07, 6.45) is 0.0108. The number of rotatable bonds is 7. The summed E-state index contributed by atoms with van der Waals surface area (Å²) in [7, 11) is 0. The van der Waals surface area contributed by atoms with Gasteiger partial charge in [-0.1, -0.05) is 31.2 Å². The lowest BCUT2D eigenvalue weighted by Crippen LogP contribution is -2.34. The minimum absolute atomic E-state index is 0.315. The zero-order chi connectivity index (χ0) is 18.4. The predicted octanol–water partition coefficient (Wildman–Crippen LogP) is 3.48. The minimum Gasteiger partial charge on any atom is -0.481 e. The maximum absolute atomic E-state index is 13.2. The lowest BCUT2D eigenvalue weighted by Gasteiger charge is -2.20. The smallest absolute Gasteiger partial charge is 0.305 e. The van der Waals surface area contributed by atoms with E-state index in [-0.39, 0.29) is 18.1 Å². The zero-order valence-corrected chi connectivity index (χ0v) is 13.7. The molecule has 0 saturated heterocycles. The van der Waals surface area contributed by atoms with E-state index >= 15 is 0 Å². The average molecular weight is 347 g/mol. The number of carbonyl (C=O) groups excluding carboxylic acids is 1. The fourth-order valence-corrected chi connectivity index (χ4v) is 2.55. The van der Waals surface area contributed by atoms with E-state index in [0.717, 1.165) is 0 Å². The van der Waals surface area contributed by atoms with E-state index in [1.165, 1.54) is 36.4 Å². The highest BCUT2D eigenvalue weighted by Gasteiger charge is 2.21. The quantitative estimate of drug-likeness (QED) is 0.806. The third-order valence-electron chi connectivity index (χ3n) is 3.85. The monoisotopic (exact) mass is 347 g/mol. The van der Waals surface area contributed by atoms with Gasteiger partial charge in [0.2, 0.25) is 5.91 Å². The molecule has 0 spiro atoms. The third kappa shape index (κ3) is 5.67. The Labute approximate surface area is 144 Å². The molecule has 0 aromatic heterocycles. The summed E-state index contributed by atoms with van der Waals surface area (Å²) in [4.78, 5) is 23.5. The molecule has 4 nitrogen and oxygen atoms in total. The average Bonchev–Trinajstić information content (AvgIpc) is 2.54. The van der Waals surface area contributed by atoms with E-state index in [2.05, 4.69) is 5.32 Å². The number of benzene rings is 2. The summed E-state index contributed by atoms with van der Waals surface area (Å²) in [6.45, 7) is 1.68. The summed E-state index contributed by atoms with van der Waals surface area (Å²) in [5, 5.41) is 11.7. The summed E-state index contributed by atoms with van der Waals surface area (Å²) in [5.74, 6) is -2.71. The van der Waals surface area contributed by atoms with Gasteiger partial charge in [-0.05, 0) is 41.8 Å². The van der Waals surface area contributed by atoms with Crippen LogP contribution in [0.1, 0.15) is 30.5 Å². The van der Waals surface area contributed by atoms with Gasteiger partial charge in [0.05, 0.1) is 12.5 Å². The number of carboxylic acids is 1. The molecule has 1 amide bonds. The lowest BCUT2D eigenvalue weighted by atomic mass is 9.98. The summed E-state index contributed by atoms with van der Waals surface area (Å²) >= 11 is 0. The van der Waals surface area contributed by atoms with Crippen LogP contribution in [-0.2, 0) is 16.0 Å². The molecule has 0 bridgehead atoms. The molecule has 0 aliphatic carbocycles. The van der Waals surface area contributed by atoms with Crippen molar-refractivity contribution in [3.05, 3.63) is 71.3 Å². The van der Waals surface area contributed by atoms with Crippen molar-refractivity contribution < 1.29 is 23.5 Å². The summed E-state index contributed by atoms with van der Waals surface area (Å²) in [6, 6.07) is 10.5. The van der Waals surface area contributed by atoms with Crippen molar-refractivity contribution in [2.75, 3.05) is 0 Å². The van der Waals surface area contributed by atoms with Crippen LogP contribution in [0.3, 0.4) is 0 Å². The van der Waals surface area contributed by atoms with E-state index < -0.39 is 23.7 Å². The molecule has 0 radical (unpaired) electrons. The van der Waals surface area contributed by atoms with Crippen LogP contribution in [0.4, 0.5) is 8.78 Å². The highest BCUT2D eigenvalue weighted by Crippen LogP contribution is 2.19. The molecule has 2 unspecified atom stereocenters. The zero-order valence-electron chi connectivity index (χ0n) is 13.7. The molecule has 0 aliphatic rings.